The molecule has 2 aliphatic heterocycles. The van der Waals surface area contributed by atoms with Gasteiger partial charge in [0.25, 0.3) is 0 Å². The highest BCUT2D eigenvalue weighted by molar-refractivity contribution is 6.01. The Morgan fingerprint density at radius 2 is 1.77 bits per heavy atom. The number of likely N-dealkylation sites (tertiary alicyclic amines) is 1. The summed E-state index contributed by atoms with van der Waals surface area (Å²) in [4.78, 5) is 4.67. The Morgan fingerprint density at radius 1 is 0.967 bits per heavy atom. The van der Waals surface area contributed by atoms with Crippen molar-refractivity contribution in [1.82, 2.24) is 15.1 Å². The fourth-order valence-corrected chi connectivity index (χ4v) is 4.78. The molecule has 3 heterocycles. The summed E-state index contributed by atoms with van der Waals surface area (Å²) < 4.78 is 0. The van der Waals surface area contributed by atoms with Crippen LogP contribution >= 0.6 is 0 Å². The molecular weight excluding hydrogens is 374 g/mol. The van der Waals surface area contributed by atoms with Crippen molar-refractivity contribution in [2.75, 3.05) is 43.4 Å². The van der Waals surface area contributed by atoms with Crippen molar-refractivity contribution in [3.05, 3.63) is 42.5 Å². The third-order valence-electron chi connectivity index (χ3n) is 6.36. The lowest BCUT2D eigenvalue weighted by molar-refractivity contribution is 0.261. The molecule has 2 saturated heterocycles. The molecule has 0 amide bonds. The number of anilines is 2. The third kappa shape index (κ3) is 3.67. The van der Waals surface area contributed by atoms with Crippen LogP contribution in [-0.4, -0.2) is 59.5 Å². The number of nitrogens with one attached hydrogen (secondary N) is 1. The van der Waals surface area contributed by atoms with Gasteiger partial charge in [0.2, 0.25) is 0 Å². The number of piperidine rings is 1. The van der Waals surface area contributed by atoms with Crippen LogP contribution in [0, 0.1) is 0 Å². The Morgan fingerprint density at radius 3 is 2.53 bits per heavy atom. The van der Waals surface area contributed by atoms with E-state index in [2.05, 4.69) is 50.6 Å². The molecule has 2 fully saturated rings. The second-order valence-corrected chi connectivity index (χ2v) is 8.58. The highest BCUT2D eigenvalue weighted by atomic mass is 16.3. The summed E-state index contributed by atoms with van der Waals surface area (Å²) in [5.74, 6) is 1.08. The molecule has 2 aliphatic rings. The molecule has 2 N–H and O–H groups in total. The van der Waals surface area contributed by atoms with E-state index >= 15 is 0 Å². The summed E-state index contributed by atoms with van der Waals surface area (Å²) in [6, 6.07) is 14.5. The van der Waals surface area contributed by atoms with Crippen LogP contribution in [0.4, 0.5) is 11.5 Å². The Hall–Kier alpha value is -2.86. The standard InChI is InChI=1S/C24H29N5O/c1-28-12-6-7-17(16-28)25-24-20-9-3-2-8-19(20)23(26-27-24)21-11-10-18(15-22(21)30)29-13-4-5-14-29/h2-3,8-11,15,17,30H,4-7,12-14,16H2,1H3,(H,25,27)/t17-/m1/s1. The van der Waals surface area contributed by atoms with Crippen LogP contribution in [0.1, 0.15) is 25.7 Å². The molecule has 3 aromatic rings. The van der Waals surface area contributed by atoms with E-state index in [4.69, 9.17) is 0 Å². The van der Waals surface area contributed by atoms with Gasteiger partial charge in [-0.1, -0.05) is 24.3 Å². The van der Waals surface area contributed by atoms with Crippen LogP contribution in [-0.2, 0) is 0 Å². The van der Waals surface area contributed by atoms with Crippen LogP contribution in [0.25, 0.3) is 22.0 Å². The third-order valence-corrected chi connectivity index (χ3v) is 6.36. The molecule has 0 unspecified atom stereocenters. The normalized spacial score (nSPS) is 20.0. The molecule has 2 aromatic carbocycles. The minimum absolute atomic E-state index is 0.258. The molecule has 0 bridgehead atoms. The van der Waals surface area contributed by atoms with Crippen molar-refractivity contribution in [2.24, 2.45) is 0 Å². The number of likely N-dealkylation sites (N-methyl/N-ethyl adjacent to an activating group) is 1. The SMILES string of the molecule is CN1CCC[C@@H](Nc2nnc(-c3ccc(N4CCCC4)cc3O)c3ccccc23)C1. The monoisotopic (exact) mass is 403 g/mol. The first-order valence-electron chi connectivity index (χ1n) is 11.0. The average Bonchev–Trinajstić information content (AvgIpc) is 3.29. The molecular formula is C24H29N5O. The second kappa shape index (κ2) is 8.11. The smallest absolute Gasteiger partial charge is 0.156 e. The minimum Gasteiger partial charge on any atom is -0.507 e. The van der Waals surface area contributed by atoms with Crippen LogP contribution in [0.3, 0.4) is 0 Å². The van der Waals surface area contributed by atoms with Crippen molar-refractivity contribution in [2.45, 2.75) is 31.7 Å². The number of rotatable bonds is 4. The van der Waals surface area contributed by atoms with Crippen molar-refractivity contribution in [1.29, 1.82) is 0 Å². The quantitative estimate of drug-likeness (QED) is 0.684. The zero-order chi connectivity index (χ0) is 20.5. The summed E-state index contributed by atoms with van der Waals surface area (Å²) in [7, 11) is 2.16. The molecule has 156 valence electrons. The molecule has 0 aliphatic carbocycles. The predicted molar refractivity (Wildman–Crippen MR) is 122 cm³/mol. The van der Waals surface area contributed by atoms with Crippen LogP contribution in [0.2, 0.25) is 0 Å². The maximum Gasteiger partial charge on any atom is 0.156 e. The fraction of sp³-hybridized carbons (Fsp3) is 0.417. The number of phenolic OH excluding ortho intramolecular Hbond substituents is 1. The first kappa shape index (κ1) is 19.1. The van der Waals surface area contributed by atoms with Gasteiger partial charge >= 0.3 is 0 Å². The number of nitrogens with zero attached hydrogens (tertiary/aromatic N) is 4. The Balaban J connectivity index is 1.50. The van der Waals surface area contributed by atoms with Gasteiger partial charge in [0.1, 0.15) is 11.4 Å². The average molecular weight is 404 g/mol. The molecule has 6 heteroatoms. The van der Waals surface area contributed by atoms with Gasteiger partial charge in [-0.3, -0.25) is 0 Å². The highest BCUT2D eigenvalue weighted by Gasteiger charge is 2.21. The van der Waals surface area contributed by atoms with Gasteiger partial charge in [-0.15, -0.1) is 10.2 Å². The molecule has 0 spiro atoms. The van der Waals surface area contributed by atoms with Crippen molar-refractivity contribution in [3.63, 3.8) is 0 Å². The Kier molecular flexibility index (Phi) is 5.17. The molecule has 0 saturated carbocycles. The van der Waals surface area contributed by atoms with Gasteiger partial charge in [0, 0.05) is 53.8 Å². The van der Waals surface area contributed by atoms with E-state index in [0.29, 0.717) is 6.04 Å². The largest absolute Gasteiger partial charge is 0.507 e. The van der Waals surface area contributed by atoms with E-state index in [9.17, 15) is 5.11 Å². The summed E-state index contributed by atoms with van der Waals surface area (Å²) in [5.41, 5.74) is 2.53. The lowest BCUT2D eigenvalue weighted by Crippen LogP contribution is -2.40. The maximum absolute atomic E-state index is 10.8. The van der Waals surface area contributed by atoms with Gasteiger partial charge in [-0.25, -0.2) is 0 Å². The number of benzene rings is 2. The maximum atomic E-state index is 10.8. The topological polar surface area (TPSA) is 64.5 Å². The number of hydrogen-bond donors (Lipinski definition) is 2. The minimum atomic E-state index is 0.258. The van der Waals surface area contributed by atoms with Crippen molar-refractivity contribution >= 4 is 22.3 Å². The molecule has 5 rings (SSSR count). The summed E-state index contributed by atoms with van der Waals surface area (Å²) >= 11 is 0. The number of fused-ring (bicyclic) bond motifs is 1. The van der Waals surface area contributed by atoms with Gasteiger partial charge in [0.05, 0.1) is 0 Å². The molecule has 6 nitrogen and oxygen atoms in total. The summed E-state index contributed by atoms with van der Waals surface area (Å²) in [5, 5.41) is 25.6. The zero-order valence-corrected chi connectivity index (χ0v) is 17.5. The summed E-state index contributed by atoms with van der Waals surface area (Å²) in [6.45, 7) is 4.27. The van der Waals surface area contributed by atoms with E-state index in [0.717, 1.165) is 66.1 Å². The number of phenols is 1. The summed E-state index contributed by atoms with van der Waals surface area (Å²) in [6.07, 6.45) is 4.75. The van der Waals surface area contributed by atoms with Gasteiger partial charge in [-0.05, 0) is 51.4 Å². The van der Waals surface area contributed by atoms with Crippen LogP contribution in [0.15, 0.2) is 42.5 Å². The van der Waals surface area contributed by atoms with Gasteiger partial charge < -0.3 is 20.2 Å². The van der Waals surface area contributed by atoms with E-state index in [-0.39, 0.29) is 5.75 Å². The van der Waals surface area contributed by atoms with E-state index < -0.39 is 0 Å². The molecule has 1 aromatic heterocycles. The number of hydrogen-bond acceptors (Lipinski definition) is 6. The second-order valence-electron chi connectivity index (χ2n) is 8.58. The lowest BCUT2D eigenvalue weighted by atomic mass is 10.0. The van der Waals surface area contributed by atoms with E-state index in [1.54, 1.807) is 0 Å². The molecule has 0 radical (unpaired) electrons. The van der Waals surface area contributed by atoms with Crippen molar-refractivity contribution < 1.29 is 5.11 Å². The first-order valence-corrected chi connectivity index (χ1v) is 11.0. The Bertz CT molecular complexity index is 1050. The van der Waals surface area contributed by atoms with Gasteiger partial charge in [0.15, 0.2) is 5.82 Å². The molecule has 30 heavy (non-hydrogen) atoms. The Labute approximate surface area is 177 Å². The predicted octanol–water partition coefficient (Wildman–Crippen LogP) is 4.11. The van der Waals surface area contributed by atoms with E-state index in [1.165, 1.54) is 19.3 Å². The highest BCUT2D eigenvalue weighted by Crippen LogP contribution is 2.37. The zero-order valence-electron chi connectivity index (χ0n) is 17.5. The number of aromatic nitrogens is 2. The van der Waals surface area contributed by atoms with Gasteiger partial charge in [-0.2, -0.15) is 0 Å². The van der Waals surface area contributed by atoms with E-state index in [1.807, 2.05) is 24.3 Å². The fourth-order valence-electron chi connectivity index (χ4n) is 4.78. The van der Waals surface area contributed by atoms with Crippen LogP contribution in [0.5, 0.6) is 5.75 Å². The lowest BCUT2D eigenvalue weighted by Gasteiger charge is -2.30. The van der Waals surface area contributed by atoms with Crippen LogP contribution < -0.4 is 10.2 Å². The van der Waals surface area contributed by atoms with Crippen molar-refractivity contribution in [3.8, 4) is 17.0 Å². The molecule has 1 atom stereocenters. The first-order chi connectivity index (χ1) is 14.7. The number of aromatic hydroxyl groups is 1.